The van der Waals surface area contributed by atoms with Crippen molar-refractivity contribution in [1.82, 2.24) is 4.98 Å². The number of nitrogens with zero attached hydrogens (tertiary/aromatic N) is 1. The van der Waals surface area contributed by atoms with Gasteiger partial charge in [0.2, 0.25) is 5.91 Å². The van der Waals surface area contributed by atoms with E-state index in [9.17, 15) is 4.79 Å². The van der Waals surface area contributed by atoms with Crippen molar-refractivity contribution in [3.8, 4) is 5.75 Å². The number of hydrogen-bond donors (Lipinski definition) is 2. The van der Waals surface area contributed by atoms with Gasteiger partial charge >= 0.3 is 0 Å². The van der Waals surface area contributed by atoms with Crippen molar-refractivity contribution in [2.24, 2.45) is 0 Å². The lowest BCUT2D eigenvalue weighted by Crippen LogP contribution is -2.15. The van der Waals surface area contributed by atoms with E-state index in [0.717, 1.165) is 0 Å². The van der Waals surface area contributed by atoms with Crippen LogP contribution in [-0.2, 0) is 9.53 Å². The molecule has 6 nitrogen and oxygen atoms in total. The summed E-state index contributed by atoms with van der Waals surface area (Å²) in [5.41, 5.74) is 6.02. The third-order valence-electron chi connectivity index (χ3n) is 1.88. The Morgan fingerprint density at radius 3 is 2.94 bits per heavy atom. The molecule has 16 heavy (non-hydrogen) atoms. The van der Waals surface area contributed by atoms with E-state index in [1.807, 2.05) is 0 Å². The standard InChI is InChI=1S/C10H15N3O3/c1-15-4-3-9(14)13-10-8(16-2)5-7(11)6-12-10/h5-6H,3-4,11H2,1-2H3,(H,12,13,14). The summed E-state index contributed by atoms with van der Waals surface area (Å²) in [6.45, 7) is 0.364. The van der Waals surface area contributed by atoms with Crippen molar-refractivity contribution in [2.75, 3.05) is 31.9 Å². The third kappa shape index (κ3) is 3.39. The van der Waals surface area contributed by atoms with Gasteiger partial charge < -0.3 is 20.5 Å². The molecule has 3 N–H and O–H groups in total. The highest BCUT2D eigenvalue weighted by Gasteiger charge is 2.08. The predicted octanol–water partition coefficient (Wildman–Crippen LogP) is 0.647. The second kappa shape index (κ2) is 5.92. The molecular formula is C10H15N3O3. The highest BCUT2D eigenvalue weighted by molar-refractivity contribution is 5.91. The van der Waals surface area contributed by atoms with Crippen LogP contribution < -0.4 is 15.8 Å². The number of nitrogens with one attached hydrogen (secondary N) is 1. The second-order valence-corrected chi connectivity index (χ2v) is 3.11. The molecule has 0 saturated heterocycles. The maximum absolute atomic E-state index is 11.4. The number of amides is 1. The molecule has 1 rings (SSSR count). The summed E-state index contributed by atoms with van der Waals surface area (Å²) < 4.78 is 9.84. The highest BCUT2D eigenvalue weighted by atomic mass is 16.5. The van der Waals surface area contributed by atoms with Gasteiger partial charge in [0.25, 0.3) is 0 Å². The molecule has 0 atom stereocenters. The molecule has 1 aromatic heterocycles. The van der Waals surface area contributed by atoms with Crippen molar-refractivity contribution < 1.29 is 14.3 Å². The second-order valence-electron chi connectivity index (χ2n) is 3.11. The SMILES string of the molecule is COCCC(=O)Nc1ncc(N)cc1OC. The first-order valence-corrected chi connectivity index (χ1v) is 4.75. The van der Waals surface area contributed by atoms with E-state index in [4.69, 9.17) is 15.2 Å². The number of aromatic nitrogens is 1. The molecule has 1 amide bonds. The fraction of sp³-hybridized carbons (Fsp3) is 0.400. The summed E-state index contributed by atoms with van der Waals surface area (Å²) in [5.74, 6) is 0.612. The van der Waals surface area contributed by atoms with E-state index >= 15 is 0 Å². The molecule has 0 aliphatic rings. The summed E-state index contributed by atoms with van der Waals surface area (Å²) in [6, 6.07) is 1.60. The Morgan fingerprint density at radius 1 is 1.56 bits per heavy atom. The Bertz CT molecular complexity index is 368. The van der Waals surface area contributed by atoms with E-state index in [1.54, 1.807) is 6.07 Å². The molecule has 1 aromatic rings. The van der Waals surface area contributed by atoms with Crippen molar-refractivity contribution in [1.29, 1.82) is 0 Å². The monoisotopic (exact) mass is 225 g/mol. The van der Waals surface area contributed by atoms with Crippen LogP contribution in [0.25, 0.3) is 0 Å². The zero-order valence-corrected chi connectivity index (χ0v) is 9.32. The van der Waals surface area contributed by atoms with Crippen LogP contribution in [0.3, 0.4) is 0 Å². The minimum absolute atomic E-state index is 0.183. The number of anilines is 2. The first-order valence-electron chi connectivity index (χ1n) is 4.75. The van der Waals surface area contributed by atoms with Gasteiger partial charge in [0.05, 0.1) is 32.0 Å². The fourth-order valence-electron chi connectivity index (χ4n) is 1.10. The van der Waals surface area contributed by atoms with Gasteiger partial charge in [-0.25, -0.2) is 4.98 Å². The number of ether oxygens (including phenoxy) is 2. The van der Waals surface area contributed by atoms with Crippen molar-refractivity contribution in [2.45, 2.75) is 6.42 Å². The molecule has 88 valence electrons. The number of pyridine rings is 1. The largest absolute Gasteiger partial charge is 0.493 e. The molecular weight excluding hydrogens is 210 g/mol. The molecule has 1 heterocycles. The van der Waals surface area contributed by atoms with Gasteiger partial charge in [0, 0.05) is 13.2 Å². The average molecular weight is 225 g/mol. The number of carbonyl (C=O) groups excluding carboxylic acids is 1. The van der Waals surface area contributed by atoms with Crippen LogP contribution in [0, 0.1) is 0 Å². The first kappa shape index (κ1) is 12.3. The van der Waals surface area contributed by atoms with E-state index in [-0.39, 0.29) is 12.3 Å². The van der Waals surface area contributed by atoms with Crippen LogP contribution in [0.4, 0.5) is 11.5 Å². The molecule has 0 aromatic carbocycles. The highest BCUT2D eigenvalue weighted by Crippen LogP contribution is 2.23. The van der Waals surface area contributed by atoms with Gasteiger partial charge in [0.1, 0.15) is 0 Å². The Balaban J connectivity index is 2.69. The maximum Gasteiger partial charge on any atom is 0.227 e. The number of methoxy groups -OCH3 is 2. The Morgan fingerprint density at radius 2 is 2.31 bits per heavy atom. The summed E-state index contributed by atoms with van der Waals surface area (Å²) >= 11 is 0. The maximum atomic E-state index is 11.4. The van der Waals surface area contributed by atoms with Gasteiger partial charge in [-0.1, -0.05) is 0 Å². The number of nitrogen functional groups attached to an aromatic ring is 1. The fourth-order valence-corrected chi connectivity index (χ4v) is 1.10. The van der Waals surface area contributed by atoms with Crippen LogP contribution >= 0.6 is 0 Å². The number of carbonyl (C=O) groups is 1. The Labute approximate surface area is 93.8 Å². The number of hydrogen-bond acceptors (Lipinski definition) is 5. The molecule has 0 unspecified atom stereocenters. The van der Waals surface area contributed by atoms with Crippen LogP contribution in [-0.4, -0.2) is 31.7 Å². The predicted molar refractivity (Wildman–Crippen MR) is 60.3 cm³/mol. The van der Waals surface area contributed by atoms with E-state index in [2.05, 4.69) is 10.3 Å². The first-order chi connectivity index (χ1) is 7.67. The molecule has 6 heteroatoms. The Hall–Kier alpha value is -1.82. The van der Waals surface area contributed by atoms with Gasteiger partial charge in [-0.3, -0.25) is 4.79 Å². The van der Waals surface area contributed by atoms with Gasteiger partial charge in [-0.15, -0.1) is 0 Å². The van der Waals surface area contributed by atoms with Gasteiger partial charge in [-0.2, -0.15) is 0 Å². The van der Waals surface area contributed by atoms with Crippen LogP contribution in [0.15, 0.2) is 12.3 Å². The summed E-state index contributed by atoms with van der Waals surface area (Å²) in [5, 5.41) is 2.61. The minimum atomic E-state index is -0.183. The summed E-state index contributed by atoms with van der Waals surface area (Å²) in [4.78, 5) is 15.4. The third-order valence-corrected chi connectivity index (χ3v) is 1.88. The van der Waals surface area contributed by atoms with Crippen molar-refractivity contribution in [3.05, 3.63) is 12.3 Å². The van der Waals surface area contributed by atoms with Gasteiger partial charge in [-0.05, 0) is 0 Å². The zero-order valence-electron chi connectivity index (χ0n) is 9.32. The minimum Gasteiger partial charge on any atom is -0.493 e. The lowest BCUT2D eigenvalue weighted by molar-refractivity contribution is -0.117. The topological polar surface area (TPSA) is 86.5 Å². The van der Waals surface area contributed by atoms with Crippen LogP contribution in [0.5, 0.6) is 5.75 Å². The zero-order chi connectivity index (χ0) is 12.0. The molecule has 0 radical (unpaired) electrons. The van der Waals surface area contributed by atoms with Crippen LogP contribution in [0.1, 0.15) is 6.42 Å². The molecule has 0 spiro atoms. The summed E-state index contributed by atoms with van der Waals surface area (Å²) in [6.07, 6.45) is 1.72. The Kier molecular flexibility index (Phi) is 4.53. The molecule has 0 fully saturated rings. The summed E-state index contributed by atoms with van der Waals surface area (Å²) in [7, 11) is 3.02. The number of nitrogens with two attached hydrogens (primary N) is 1. The molecule has 0 aliphatic heterocycles. The van der Waals surface area contributed by atoms with Crippen LogP contribution in [0.2, 0.25) is 0 Å². The quantitative estimate of drug-likeness (QED) is 0.768. The molecule has 0 saturated carbocycles. The van der Waals surface area contributed by atoms with Crippen molar-refractivity contribution in [3.63, 3.8) is 0 Å². The average Bonchev–Trinajstić information content (AvgIpc) is 2.28. The van der Waals surface area contributed by atoms with Gasteiger partial charge in [0.15, 0.2) is 11.6 Å². The van der Waals surface area contributed by atoms with E-state index < -0.39 is 0 Å². The van der Waals surface area contributed by atoms with E-state index in [0.29, 0.717) is 23.9 Å². The van der Waals surface area contributed by atoms with E-state index in [1.165, 1.54) is 20.4 Å². The lowest BCUT2D eigenvalue weighted by Gasteiger charge is -2.09. The normalized spacial score (nSPS) is 9.88. The van der Waals surface area contributed by atoms with Crippen molar-refractivity contribution >= 4 is 17.4 Å². The molecule has 0 bridgehead atoms. The molecule has 0 aliphatic carbocycles. The number of rotatable bonds is 5. The smallest absolute Gasteiger partial charge is 0.227 e. The lowest BCUT2D eigenvalue weighted by atomic mass is 10.3.